The minimum absolute atomic E-state index is 0.287. The average Bonchev–Trinajstić information content (AvgIpc) is 2.90. The van der Waals surface area contributed by atoms with Gasteiger partial charge in [-0.3, -0.25) is 0 Å². The number of hydrogen-bond acceptors (Lipinski definition) is 2. The number of methoxy groups -OCH3 is 1. The molecule has 26 heavy (non-hydrogen) atoms. The zero-order valence-corrected chi connectivity index (χ0v) is 15.5. The smallest absolute Gasteiger partial charge is 0.337 e. The summed E-state index contributed by atoms with van der Waals surface area (Å²) in [5.41, 5.74) is 5.92. The molecule has 0 bridgehead atoms. The second-order valence-electron chi connectivity index (χ2n) is 7.35. The highest BCUT2D eigenvalue weighted by Gasteiger charge is 2.21. The van der Waals surface area contributed by atoms with Gasteiger partial charge in [0.1, 0.15) is 0 Å². The molecule has 134 valence electrons. The van der Waals surface area contributed by atoms with Gasteiger partial charge in [-0.15, -0.1) is 0 Å². The lowest BCUT2D eigenvalue weighted by Crippen LogP contribution is -2.18. The summed E-state index contributed by atoms with van der Waals surface area (Å²) >= 11 is 0. The number of fused-ring (bicyclic) bond motifs is 1. The molecule has 1 saturated carbocycles. The molecule has 0 spiro atoms. The molecule has 1 aliphatic carbocycles. The Labute approximate surface area is 154 Å². The zero-order chi connectivity index (χ0) is 18.1. The summed E-state index contributed by atoms with van der Waals surface area (Å²) in [7, 11) is 1.41. The summed E-state index contributed by atoms with van der Waals surface area (Å²) in [6.07, 6.45) is 4.97. The van der Waals surface area contributed by atoms with Crippen molar-refractivity contribution >= 4 is 16.9 Å². The number of nitrogens with zero attached hydrogens (tertiary/aromatic N) is 1. The second-order valence-corrected chi connectivity index (χ2v) is 7.35. The van der Waals surface area contributed by atoms with Crippen LogP contribution in [0.15, 0.2) is 48.5 Å². The van der Waals surface area contributed by atoms with Crippen molar-refractivity contribution in [2.24, 2.45) is 5.92 Å². The molecule has 3 heteroatoms. The monoisotopic (exact) mass is 347 g/mol. The normalized spacial score (nSPS) is 14.4. The molecule has 2 aromatic carbocycles. The van der Waals surface area contributed by atoms with Crippen LogP contribution >= 0.6 is 0 Å². The first-order chi connectivity index (χ1) is 12.7. The Hall–Kier alpha value is -2.55. The molecule has 3 aromatic rings. The Kier molecular flexibility index (Phi) is 4.54. The van der Waals surface area contributed by atoms with Crippen LogP contribution in [0.3, 0.4) is 0 Å². The molecule has 0 aliphatic heterocycles. The number of esters is 1. The van der Waals surface area contributed by atoms with Crippen LogP contribution in [0.25, 0.3) is 10.9 Å². The van der Waals surface area contributed by atoms with Gasteiger partial charge in [0, 0.05) is 23.1 Å². The Balaban J connectivity index is 1.67. The van der Waals surface area contributed by atoms with Gasteiger partial charge in [-0.1, -0.05) is 36.8 Å². The molecule has 0 N–H and O–H groups in total. The van der Waals surface area contributed by atoms with Gasteiger partial charge in [0.25, 0.3) is 0 Å². The number of carbonyl (C=O) groups excluding carboxylic acids is 1. The largest absolute Gasteiger partial charge is 0.465 e. The van der Waals surface area contributed by atoms with Gasteiger partial charge in [0.05, 0.1) is 12.7 Å². The minimum Gasteiger partial charge on any atom is -0.465 e. The Morgan fingerprint density at radius 3 is 2.50 bits per heavy atom. The zero-order valence-electron chi connectivity index (χ0n) is 15.5. The number of rotatable bonds is 5. The second kappa shape index (κ2) is 6.99. The molecular weight excluding hydrogens is 322 g/mol. The quantitative estimate of drug-likeness (QED) is 0.599. The van der Waals surface area contributed by atoms with E-state index in [4.69, 9.17) is 4.74 Å². The highest BCUT2D eigenvalue weighted by atomic mass is 16.5. The first-order valence-electron chi connectivity index (χ1n) is 9.41. The summed E-state index contributed by atoms with van der Waals surface area (Å²) in [5.74, 6) is 0.543. The molecular formula is C23H25NO2. The maximum atomic E-state index is 11.6. The van der Waals surface area contributed by atoms with Gasteiger partial charge in [-0.2, -0.15) is 0 Å². The fourth-order valence-corrected chi connectivity index (χ4v) is 3.98. The lowest BCUT2D eigenvalue weighted by molar-refractivity contribution is 0.0600. The number of aromatic nitrogens is 1. The molecule has 3 nitrogen and oxygen atoms in total. The maximum absolute atomic E-state index is 11.6. The van der Waals surface area contributed by atoms with Gasteiger partial charge in [-0.05, 0) is 61.4 Å². The number of para-hydroxylation sites is 1. The van der Waals surface area contributed by atoms with E-state index in [1.807, 2.05) is 24.3 Å². The van der Waals surface area contributed by atoms with E-state index in [1.165, 1.54) is 54.1 Å². The van der Waals surface area contributed by atoms with Crippen LogP contribution in [0, 0.1) is 12.8 Å². The van der Waals surface area contributed by atoms with Crippen LogP contribution in [-0.2, 0) is 17.7 Å². The Morgan fingerprint density at radius 1 is 1.12 bits per heavy atom. The van der Waals surface area contributed by atoms with E-state index in [-0.39, 0.29) is 5.97 Å². The van der Waals surface area contributed by atoms with Crippen molar-refractivity contribution in [3.63, 3.8) is 0 Å². The first-order valence-corrected chi connectivity index (χ1v) is 9.41. The molecule has 1 heterocycles. The van der Waals surface area contributed by atoms with Crippen LogP contribution in [-0.4, -0.2) is 17.6 Å². The van der Waals surface area contributed by atoms with Crippen molar-refractivity contribution in [3.05, 3.63) is 70.9 Å². The molecule has 0 radical (unpaired) electrons. The van der Waals surface area contributed by atoms with E-state index in [9.17, 15) is 4.79 Å². The summed E-state index contributed by atoms with van der Waals surface area (Å²) < 4.78 is 7.30. The number of ether oxygens (including phenoxy) is 1. The minimum atomic E-state index is -0.287. The fourth-order valence-electron chi connectivity index (χ4n) is 3.98. The van der Waals surface area contributed by atoms with Gasteiger partial charge >= 0.3 is 5.97 Å². The van der Waals surface area contributed by atoms with E-state index >= 15 is 0 Å². The molecule has 0 atom stereocenters. The molecule has 4 rings (SSSR count). The SMILES string of the molecule is COC(=O)c1ccc(Cc2c(C)n(CC3CCC3)c3ccccc23)cc1. The topological polar surface area (TPSA) is 31.2 Å². The molecule has 1 aliphatic rings. The van der Waals surface area contributed by atoms with Crippen molar-refractivity contribution in [1.29, 1.82) is 0 Å². The van der Waals surface area contributed by atoms with E-state index in [2.05, 4.69) is 35.8 Å². The number of carbonyl (C=O) groups is 1. The lowest BCUT2D eigenvalue weighted by atomic mass is 9.85. The third kappa shape index (κ3) is 3.03. The van der Waals surface area contributed by atoms with Gasteiger partial charge in [0.2, 0.25) is 0 Å². The summed E-state index contributed by atoms with van der Waals surface area (Å²) in [5, 5.41) is 1.35. The Morgan fingerprint density at radius 2 is 1.85 bits per heavy atom. The first kappa shape index (κ1) is 16.9. The van der Waals surface area contributed by atoms with Crippen LogP contribution in [0.5, 0.6) is 0 Å². The lowest BCUT2D eigenvalue weighted by Gasteiger charge is -2.27. The summed E-state index contributed by atoms with van der Waals surface area (Å²) in [4.78, 5) is 11.6. The highest BCUT2D eigenvalue weighted by molar-refractivity contribution is 5.89. The van der Waals surface area contributed by atoms with Crippen LogP contribution in [0.2, 0.25) is 0 Å². The fraction of sp³-hybridized carbons (Fsp3) is 0.348. The van der Waals surface area contributed by atoms with Crippen molar-refractivity contribution in [3.8, 4) is 0 Å². The van der Waals surface area contributed by atoms with Gasteiger partial charge in [-0.25, -0.2) is 4.79 Å². The van der Waals surface area contributed by atoms with Crippen LogP contribution in [0.4, 0.5) is 0 Å². The predicted molar refractivity (Wildman–Crippen MR) is 105 cm³/mol. The predicted octanol–water partition coefficient (Wildman–Crippen LogP) is 5.13. The van der Waals surface area contributed by atoms with Gasteiger partial charge < -0.3 is 9.30 Å². The molecule has 0 saturated heterocycles. The standard InChI is InChI=1S/C23H25NO2/c1-16-21(14-17-10-12-19(13-11-17)23(25)26-2)20-8-3-4-9-22(20)24(16)15-18-6-5-7-18/h3-4,8-13,18H,5-7,14-15H2,1-2H3. The van der Waals surface area contributed by atoms with Crippen molar-refractivity contribution in [2.45, 2.75) is 39.2 Å². The third-order valence-corrected chi connectivity index (χ3v) is 5.78. The van der Waals surface area contributed by atoms with E-state index < -0.39 is 0 Å². The highest BCUT2D eigenvalue weighted by Crippen LogP contribution is 2.33. The number of benzene rings is 2. The van der Waals surface area contributed by atoms with E-state index in [0.29, 0.717) is 5.56 Å². The number of hydrogen-bond donors (Lipinski definition) is 0. The third-order valence-electron chi connectivity index (χ3n) is 5.78. The Bertz CT molecular complexity index is 933. The average molecular weight is 347 g/mol. The summed E-state index contributed by atoms with van der Waals surface area (Å²) in [6, 6.07) is 16.5. The molecule has 0 unspecified atom stereocenters. The molecule has 1 fully saturated rings. The summed E-state index contributed by atoms with van der Waals surface area (Å²) in [6.45, 7) is 3.38. The van der Waals surface area contributed by atoms with E-state index in [1.54, 1.807) is 0 Å². The van der Waals surface area contributed by atoms with Crippen molar-refractivity contribution in [2.75, 3.05) is 7.11 Å². The van der Waals surface area contributed by atoms with Crippen molar-refractivity contribution < 1.29 is 9.53 Å². The molecule has 0 amide bonds. The van der Waals surface area contributed by atoms with Crippen molar-refractivity contribution in [1.82, 2.24) is 4.57 Å². The maximum Gasteiger partial charge on any atom is 0.337 e. The van der Waals surface area contributed by atoms with Gasteiger partial charge in [0.15, 0.2) is 0 Å². The van der Waals surface area contributed by atoms with E-state index in [0.717, 1.165) is 18.9 Å². The van der Waals surface area contributed by atoms with Crippen LogP contribution in [0.1, 0.15) is 46.4 Å². The molecule has 1 aromatic heterocycles. The van der Waals surface area contributed by atoms with Crippen LogP contribution < -0.4 is 0 Å².